The van der Waals surface area contributed by atoms with Crippen molar-refractivity contribution in [3.05, 3.63) is 88.9 Å². The summed E-state index contributed by atoms with van der Waals surface area (Å²) in [6, 6.07) is 6.42. The van der Waals surface area contributed by atoms with Crippen LogP contribution in [-0.4, -0.2) is 42.2 Å². The van der Waals surface area contributed by atoms with Crippen molar-refractivity contribution in [2.24, 2.45) is 0 Å². The second kappa shape index (κ2) is 11.0. The molecule has 5 nitrogen and oxygen atoms in total. The van der Waals surface area contributed by atoms with Gasteiger partial charge in [0, 0.05) is 19.2 Å². The van der Waals surface area contributed by atoms with Crippen LogP contribution < -0.4 is 9.80 Å². The van der Waals surface area contributed by atoms with E-state index in [9.17, 15) is 40.6 Å². The maximum atomic E-state index is 14.0. The van der Waals surface area contributed by atoms with Crippen LogP contribution in [0.3, 0.4) is 0 Å². The smallest absolute Gasteiger partial charge is 0.394 e. The lowest BCUT2D eigenvalue weighted by molar-refractivity contribution is -0.143. The minimum Gasteiger partial charge on any atom is -0.394 e. The lowest BCUT2D eigenvalue weighted by atomic mass is 9.81. The van der Waals surface area contributed by atoms with Crippen molar-refractivity contribution in [3.8, 4) is 11.1 Å². The van der Waals surface area contributed by atoms with Crippen LogP contribution in [0.15, 0.2) is 60.8 Å². The SMILES string of the molecule is Cc1cc(F)ccc1-c1cc(N2CC=CC2CO)ncc1N(C)C(=O)C(C)(C)c1cc(C(F)(F)F)cc(C(F)(F)F)c1. The zero-order valence-corrected chi connectivity index (χ0v) is 23.1. The van der Waals surface area contributed by atoms with Crippen LogP contribution in [0.25, 0.3) is 11.1 Å². The van der Waals surface area contributed by atoms with E-state index in [1.54, 1.807) is 24.0 Å². The number of aliphatic hydroxyl groups is 1. The van der Waals surface area contributed by atoms with E-state index in [0.717, 1.165) is 4.90 Å². The van der Waals surface area contributed by atoms with Crippen LogP contribution in [0.4, 0.5) is 42.2 Å². The summed E-state index contributed by atoms with van der Waals surface area (Å²) in [5.74, 6) is -0.859. The van der Waals surface area contributed by atoms with Crippen molar-refractivity contribution >= 4 is 17.4 Å². The molecule has 2 aromatic carbocycles. The number of hydrogen-bond donors (Lipinski definition) is 1. The Morgan fingerprint density at radius 2 is 1.57 bits per heavy atom. The first-order valence-electron chi connectivity index (χ1n) is 12.8. The number of benzene rings is 2. The molecule has 1 N–H and O–H groups in total. The van der Waals surface area contributed by atoms with Crippen molar-refractivity contribution in [2.75, 3.05) is 30.0 Å². The molecule has 0 aliphatic carbocycles. The van der Waals surface area contributed by atoms with Crippen LogP contribution in [0.5, 0.6) is 0 Å². The Bertz CT molecular complexity index is 1500. The van der Waals surface area contributed by atoms with Gasteiger partial charge >= 0.3 is 12.4 Å². The monoisotopic (exact) mass is 595 g/mol. The standard InChI is InChI=1S/C30H28F7N3O2/c1-17-10-21(31)7-8-23(17)24-14-26(40-9-5-6-22(40)16-41)38-15-25(24)39(4)27(42)28(2,3)18-11-19(29(32,33)34)13-20(12-18)30(35,36)37/h5-8,10-15,22,41H,9,16H2,1-4H3. The first kappa shape index (κ1) is 31.0. The number of rotatable bonds is 6. The first-order chi connectivity index (χ1) is 19.4. The van der Waals surface area contributed by atoms with Crippen molar-refractivity contribution in [3.63, 3.8) is 0 Å². The van der Waals surface area contributed by atoms with E-state index in [-0.39, 0.29) is 24.4 Å². The summed E-state index contributed by atoms with van der Waals surface area (Å²) in [6.07, 6.45) is -5.14. The molecule has 2 heterocycles. The van der Waals surface area contributed by atoms with Gasteiger partial charge in [0.25, 0.3) is 0 Å². The number of anilines is 2. The molecule has 0 saturated carbocycles. The Kier molecular flexibility index (Phi) is 8.16. The quantitative estimate of drug-likeness (QED) is 0.249. The molecule has 3 aromatic rings. The third-order valence-electron chi connectivity index (χ3n) is 7.40. The van der Waals surface area contributed by atoms with Gasteiger partial charge in [-0.3, -0.25) is 4.79 Å². The van der Waals surface area contributed by atoms with E-state index in [1.807, 2.05) is 6.08 Å². The van der Waals surface area contributed by atoms with E-state index in [0.29, 0.717) is 41.2 Å². The molecular weight excluding hydrogens is 567 g/mol. The van der Waals surface area contributed by atoms with Gasteiger partial charge in [-0.2, -0.15) is 26.3 Å². The fourth-order valence-corrected chi connectivity index (χ4v) is 4.97. The number of pyridine rings is 1. The predicted octanol–water partition coefficient (Wildman–Crippen LogP) is 6.91. The van der Waals surface area contributed by atoms with Gasteiger partial charge in [0.05, 0.1) is 41.1 Å². The van der Waals surface area contributed by atoms with Crippen LogP contribution in [0.1, 0.15) is 36.1 Å². The average molecular weight is 596 g/mol. The lowest BCUT2D eigenvalue weighted by Gasteiger charge is -2.32. The van der Waals surface area contributed by atoms with Crippen LogP contribution in [0.2, 0.25) is 0 Å². The second-order valence-electron chi connectivity index (χ2n) is 10.6. The number of amides is 1. The summed E-state index contributed by atoms with van der Waals surface area (Å²) in [5, 5.41) is 9.76. The summed E-state index contributed by atoms with van der Waals surface area (Å²) in [6.45, 7) is 4.40. The molecule has 0 spiro atoms. The van der Waals surface area contributed by atoms with Crippen molar-refractivity contribution in [1.82, 2.24) is 4.98 Å². The highest BCUT2D eigenvalue weighted by Crippen LogP contribution is 2.41. The molecule has 224 valence electrons. The normalized spacial score (nSPS) is 15.8. The van der Waals surface area contributed by atoms with E-state index >= 15 is 0 Å². The van der Waals surface area contributed by atoms with Crippen molar-refractivity contribution < 1.29 is 40.6 Å². The Morgan fingerprint density at radius 1 is 0.976 bits per heavy atom. The number of halogens is 7. The highest BCUT2D eigenvalue weighted by Gasteiger charge is 2.41. The zero-order valence-electron chi connectivity index (χ0n) is 23.1. The van der Waals surface area contributed by atoms with Gasteiger partial charge in [-0.05, 0) is 73.9 Å². The number of hydrogen-bond acceptors (Lipinski definition) is 4. The summed E-state index contributed by atoms with van der Waals surface area (Å²) in [5.41, 5.74) is -3.71. The number of alkyl halides is 6. The maximum absolute atomic E-state index is 14.0. The number of aryl methyl sites for hydroxylation is 1. The summed E-state index contributed by atoms with van der Waals surface area (Å²) < 4.78 is 95.3. The topological polar surface area (TPSA) is 56.7 Å². The summed E-state index contributed by atoms with van der Waals surface area (Å²) in [7, 11) is 1.34. The molecule has 1 aliphatic heterocycles. The highest BCUT2D eigenvalue weighted by molar-refractivity contribution is 6.03. The molecule has 4 rings (SSSR count). The molecule has 1 atom stereocenters. The van der Waals surface area contributed by atoms with Crippen molar-refractivity contribution in [1.29, 1.82) is 0 Å². The third-order valence-corrected chi connectivity index (χ3v) is 7.40. The number of nitrogens with zero attached hydrogens (tertiary/aromatic N) is 3. The van der Waals surface area contributed by atoms with E-state index in [4.69, 9.17) is 0 Å². The van der Waals surface area contributed by atoms with Gasteiger partial charge in [0.2, 0.25) is 5.91 Å². The van der Waals surface area contributed by atoms with Gasteiger partial charge in [0.15, 0.2) is 0 Å². The van der Waals surface area contributed by atoms with Crippen LogP contribution >= 0.6 is 0 Å². The largest absolute Gasteiger partial charge is 0.416 e. The van der Waals surface area contributed by atoms with Gasteiger partial charge in [-0.25, -0.2) is 9.37 Å². The third kappa shape index (κ3) is 5.99. The fourth-order valence-electron chi connectivity index (χ4n) is 4.97. The molecule has 1 amide bonds. The predicted molar refractivity (Wildman–Crippen MR) is 145 cm³/mol. The Labute approximate surface area is 237 Å². The number of carbonyl (C=O) groups excluding carboxylic acids is 1. The molecule has 42 heavy (non-hydrogen) atoms. The van der Waals surface area contributed by atoms with Gasteiger partial charge < -0.3 is 14.9 Å². The molecule has 0 saturated heterocycles. The van der Waals surface area contributed by atoms with Gasteiger partial charge in [-0.1, -0.05) is 18.2 Å². The van der Waals surface area contributed by atoms with E-state index < -0.39 is 46.2 Å². The Morgan fingerprint density at radius 3 is 2.12 bits per heavy atom. The lowest BCUT2D eigenvalue weighted by Crippen LogP contribution is -2.42. The molecular formula is C30H28F7N3O2. The minimum atomic E-state index is -5.08. The highest BCUT2D eigenvalue weighted by atomic mass is 19.4. The minimum absolute atomic E-state index is 0.0126. The van der Waals surface area contributed by atoms with E-state index in [1.165, 1.54) is 45.3 Å². The Balaban J connectivity index is 1.83. The number of carbonyl (C=O) groups is 1. The number of aliphatic hydroxyl groups excluding tert-OH is 1. The molecule has 12 heteroatoms. The van der Waals surface area contributed by atoms with Crippen LogP contribution in [-0.2, 0) is 22.6 Å². The van der Waals surface area contributed by atoms with Crippen molar-refractivity contribution in [2.45, 2.75) is 44.6 Å². The molecule has 0 fully saturated rings. The van der Waals surface area contributed by atoms with E-state index in [2.05, 4.69) is 4.98 Å². The van der Waals surface area contributed by atoms with Gasteiger partial charge in [-0.15, -0.1) is 0 Å². The maximum Gasteiger partial charge on any atom is 0.416 e. The number of aromatic nitrogens is 1. The number of likely N-dealkylation sites (N-methyl/N-ethyl adjacent to an activating group) is 1. The Hall–Kier alpha value is -3.93. The zero-order chi connectivity index (χ0) is 31.2. The second-order valence-corrected chi connectivity index (χ2v) is 10.6. The average Bonchev–Trinajstić information content (AvgIpc) is 3.40. The van der Waals surface area contributed by atoms with Crippen LogP contribution in [0, 0.1) is 12.7 Å². The molecule has 1 aromatic heterocycles. The molecule has 1 unspecified atom stereocenters. The fraction of sp³-hybridized carbons (Fsp3) is 0.333. The summed E-state index contributed by atoms with van der Waals surface area (Å²) in [4.78, 5) is 21.2. The molecule has 0 bridgehead atoms. The summed E-state index contributed by atoms with van der Waals surface area (Å²) >= 11 is 0. The first-order valence-corrected chi connectivity index (χ1v) is 12.8. The molecule has 1 aliphatic rings. The molecule has 0 radical (unpaired) electrons. The van der Waals surface area contributed by atoms with Gasteiger partial charge in [0.1, 0.15) is 11.6 Å².